The van der Waals surface area contributed by atoms with E-state index in [1.54, 1.807) is 44.6 Å². The number of hydrogen-bond donors (Lipinski definition) is 3. The maximum absolute atomic E-state index is 12.3. The van der Waals surface area contributed by atoms with Gasteiger partial charge in [0.2, 0.25) is 0 Å². The van der Waals surface area contributed by atoms with Gasteiger partial charge in [-0.3, -0.25) is 14.4 Å². The van der Waals surface area contributed by atoms with Crippen LogP contribution in [0.25, 0.3) is 0 Å². The van der Waals surface area contributed by atoms with Gasteiger partial charge in [-0.2, -0.15) is 0 Å². The zero-order valence-corrected chi connectivity index (χ0v) is 17.6. The van der Waals surface area contributed by atoms with Crippen LogP contribution in [0.15, 0.2) is 42.5 Å². The number of benzene rings is 2. The van der Waals surface area contributed by atoms with Crippen molar-refractivity contribution in [3.63, 3.8) is 0 Å². The van der Waals surface area contributed by atoms with E-state index in [0.717, 1.165) is 5.56 Å². The zero-order valence-electron chi connectivity index (χ0n) is 17.6. The number of methoxy groups -OCH3 is 2. The predicted octanol–water partition coefficient (Wildman–Crippen LogP) is 2.14. The molecule has 0 heterocycles. The second-order valence-electron chi connectivity index (χ2n) is 6.82. The van der Waals surface area contributed by atoms with Crippen LogP contribution in [0.4, 0.5) is 5.69 Å². The molecule has 0 aromatic heterocycles. The average molecular weight is 413 g/mol. The molecular weight excluding hydrogens is 386 g/mol. The van der Waals surface area contributed by atoms with Gasteiger partial charge in [0.05, 0.1) is 25.5 Å². The highest BCUT2D eigenvalue weighted by Crippen LogP contribution is 2.27. The van der Waals surface area contributed by atoms with Gasteiger partial charge in [0.15, 0.2) is 11.5 Å². The zero-order chi connectivity index (χ0) is 22.1. The molecule has 0 unspecified atom stereocenters. The first-order valence-corrected chi connectivity index (χ1v) is 9.55. The Morgan fingerprint density at radius 2 is 1.63 bits per heavy atom. The third-order valence-electron chi connectivity index (χ3n) is 4.19. The Bertz CT molecular complexity index is 911. The van der Waals surface area contributed by atoms with Gasteiger partial charge >= 0.3 is 11.8 Å². The van der Waals surface area contributed by atoms with E-state index in [9.17, 15) is 14.4 Å². The van der Waals surface area contributed by atoms with Gasteiger partial charge in [0, 0.05) is 12.6 Å². The molecule has 0 atom stereocenters. The molecule has 0 spiro atoms. The lowest BCUT2D eigenvalue weighted by molar-refractivity contribution is -0.136. The number of ether oxygens (including phenoxy) is 2. The molecule has 0 aliphatic heterocycles. The van der Waals surface area contributed by atoms with E-state index >= 15 is 0 Å². The number of anilines is 1. The Morgan fingerprint density at radius 3 is 2.30 bits per heavy atom. The number of amides is 3. The van der Waals surface area contributed by atoms with Crippen LogP contribution in [0, 0.1) is 0 Å². The van der Waals surface area contributed by atoms with Crippen molar-refractivity contribution < 1.29 is 23.9 Å². The van der Waals surface area contributed by atoms with Gasteiger partial charge in [-0.25, -0.2) is 0 Å². The van der Waals surface area contributed by atoms with E-state index in [2.05, 4.69) is 16.0 Å². The summed E-state index contributed by atoms with van der Waals surface area (Å²) in [5.74, 6) is -0.739. The number of nitrogens with one attached hydrogen (secondary N) is 3. The van der Waals surface area contributed by atoms with Crippen molar-refractivity contribution in [1.82, 2.24) is 10.6 Å². The topological polar surface area (TPSA) is 106 Å². The molecule has 0 bridgehead atoms. The van der Waals surface area contributed by atoms with Gasteiger partial charge in [-0.1, -0.05) is 18.2 Å². The highest BCUT2D eigenvalue weighted by Gasteiger charge is 2.18. The summed E-state index contributed by atoms with van der Waals surface area (Å²) in [7, 11) is 3.11. The van der Waals surface area contributed by atoms with Gasteiger partial charge in [-0.15, -0.1) is 0 Å². The molecule has 2 aromatic rings. The minimum Gasteiger partial charge on any atom is -0.493 e. The first-order valence-electron chi connectivity index (χ1n) is 9.55. The van der Waals surface area contributed by atoms with E-state index in [4.69, 9.17) is 9.47 Å². The third kappa shape index (κ3) is 6.23. The van der Waals surface area contributed by atoms with Crippen LogP contribution in [-0.4, -0.2) is 44.5 Å². The second-order valence-corrected chi connectivity index (χ2v) is 6.82. The lowest BCUT2D eigenvalue weighted by atomic mass is 10.1. The van der Waals surface area contributed by atoms with E-state index in [1.807, 2.05) is 26.0 Å². The smallest absolute Gasteiger partial charge is 0.313 e. The third-order valence-corrected chi connectivity index (χ3v) is 4.19. The van der Waals surface area contributed by atoms with Crippen molar-refractivity contribution in [2.45, 2.75) is 26.3 Å². The van der Waals surface area contributed by atoms with Gasteiger partial charge < -0.3 is 25.4 Å². The fourth-order valence-corrected chi connectivity index (χ4v) is 2.75. The predicted molar refractivity (Wildman–Crippen MR) is 114 cm³/mol. The molecule has 0 saturated carbocycles. The molecular formula is C22H27N3O5. The molecule has 0 aliphatic rings. The molecule has 8 nitrogen and oxygen atoms in total. The fourth-order valence-electron chi connectivity index (χ4n) is 2.75. The van der Waals surface area contributed by atoms with Crippen molar-refractivity contribution in [3.05, 3.63) is 53.6 Å². The van der Waals surface area contributed by atoms with Crippen LogP contribution in [0.1, 0.15) is 29.8 Å². The van der Waals surface area contributed by atoms with Crippen molar-refractivity contribution in [2.24, 2.45) is 0 Å². The Kier molecular flexibility index (Phi) is 8.22. The molecule has 0 radical (unpaired) electrons. The van der Waals surface area contributed by atoms with Crippen LogP contribution >= 0.6 is 0 Å². The fraction of sp³-hybridized carbons (Fsp3) is 0.318. The highest BCUT2D eigenvalue weighted by atomic mass is 16.5. The first kappa shape index (κ1) is 22.7. The molecule has 2 rings (SSSR count). The number of carbonyl (C=O) groups is 3. The highest BCUT2D eigenvalue weighted by molar-refractivity contribution is 6.40. The standard InChI is InChI=1S/C22H27N3O5/c1-14(2)24-20(26)16-7-5-6-8-17(16)25-22(28)21(27)23-12-11-15-9-10-18(29-3)19(13-15)30-4/h5-10,13-14H,11-12H2,1-4H3,(H,23,27)(H,24,26)(H,25,28). The molecule has 0 fully saturated rings. The van der Waals surface area contributed by atoms with E-state index in [-0.39, 0.29) is 29.7 Å². The van der Waals surface area contributed by atoms with E-state index < -0.39 is 11.8 Å². The lowest BCUT2D eigenvalue weighted by Crippen LogP contribution is -2.37. The van der Waals surface area contributed by atoms with Gasteiger partial charge in [0.25, 0.3) is 5.91 Å². The largest absolute Gasteiger partial charge is 0.493 e. The monoisotopic (exact) mass is 413 g/mol. The molecule has 3 amide bonds. The maximum atomic E-state index is 12.3. The Balaban J connectivity index is 1.93. The van der Waals surface area contributed by atoms with Crippen LogP contribution < -0.4 is 25.4 Å². The summed E-state index contributed by atoms with van der Waals surface area (Å²) in [6, 6.07) is 11.9. The van der Waals surface area contributed by atoms with Crippen LogP contribution in [0.5, 0.6) is 11.5 Å². The minimum absolute atomic E-state index is 0.0545. The lowest BCUT2D eigenvalue weighted by Gasteiger charge is -2.13. The second kappa shape index (κ2) is 10.8. The summed E-state index contributed by atoms with van der Waals surface area (Å²) in [6.45, 7) is 3.94. The van der Waals surface area contributed by atoms with Crippen LogP contribution in [0.2, 0.25) is 0 Å². The molecule has 2 aromatic carbocycles. The SMILES string of the molecule is COc1ccc(CCNC(=O)C(=O)Nc2ccccc2C(=O)NC(C)C)cc1OC. The molecule has 30 heavy (non-hydrogen) atoms. The quantitative estimate of drug-likeness (QED) is 0.575. The number of rotatable bonds is 8. The van der Waals surface area contributed by atoms with Crippen molar-refractivity contribution in [3.8, 4) is 11.5 Å². The van der Waals surface area contributed by atoms with Crippen molar-refractivity contribution in [1.29, 1.82) is 0 Å². The average Bonchev–Trinajstić information content (AvgIpc) is 2.73. The Hall–Kier alpha value is -3.55. The summed E-state index contributed by atoms with van der Waals surface area (Å²) in [5, 5.41) is 7.83. The van der Waals surface area contributed by atoms with E-state index in [1.165, 1.54) is 0 Å². The minimum atomic E-state index is -0.841. The summed E-state index contributed by atoms with van der Waals surface area (Å²) in [6.07, 6.45) is 0.507. The Morgan fingerprint density at radius 1 is 0.933 bits per heavy atom. The molecule has 0 aliphatic carbocycles. The van der Waals surface area contributed by atoms with Gasteiger partial charge in [0.1, 0.15) is 0 Å². The number of para-hydroxylation sites is 1. The van der Waals surface area contributed by atoms with E-state index in [0.29, 0.717) is 17.9 Å². The molecule has 160 valence electrons. The molecule has 3 N–H and O–H groups in total. The Labute approximate surface area is 175 Å². The van der Waals surface area contributed by atoms with Crippen LogP contribution in [0.3, 0.4) is 0 Å². The molecule has 8 heteroatoms. The summed E-state index contributed by atoms with van der Waals surface area (Å²) in [5.41, 5.74) is 1.48. The number of hydrogen-bond acceptors (Lipinski definition) is 5. The number of carbonyl (C=O) groups excluding carboxylic acids is 3. The molecule has 0 saturated heterocycles. The summed E-state index contributed by atoms with van der Waals surface area (Å²) < 4.78 is 10.4. The summed E-state index contributed by atoms with van der Waals surface area (Å²) in [4.78, 5) is 36.7. The van der Waals surface area contributed by atoms with Crippen molar-refractivity contribution in [2.75, 3.05) is 26.1 Å². The van der Waals surface area contributed by atoms with Crippen molar-refractivity contribution >= 4 is 23.4 Å². The van der Waals surface area contributed by atoms with Gasteiger partial charge in [-0.05, 0) is 50.1 Å². The van der Waals surface area contributed by atoms with Crippen LogP contribution in [-0.2, 0) is 16.0 Å². The first-order chi connectivity index (χ1) is 14.3. The summed E-state index contributed by atoms with van der Waals surface area (Å²) >= 11 is 0. The normalized spacial score (nSPS) is 10.3. The maximum Gasteiger partial charge on any atom is 0.313 e.